The van der Waals surface area contributed by atoms with Crippen LogP contribution < -0.4 is 15.4 Å². The largest absolute Gasteiger partial charge is 0.489 e. The van der Waals surface area contributed by atoms with Gasteiger partial charge in [0.05, 0.1) is 18.1 Å². The Morgan fingerprint density at radius 2 is 2.09 bits per heavy atom. The molecule has 2 N–H and O–H groups in total. The summed E-state index contributed by atoms with van der Waals surface area (Å²) in [5, 5.41) is 8.28. The van der Waals surface area contributed by atoms with Crippen molar-refractivity contribution in [1.29, 1.82) is 0 Å². The van der Waals surface area contributed by atoms with Crippen LogP contribution in [0, 0.1) is 6.92 Å². The summed E-state index contributed by atoms with van der Waals surface area (Å²) in [6.45, 7) is 5.35. The van der Waals surface area contributed by atoms with Gasteiger partial charge in [-0.05, 0) is 38.1 Å². The van der Waals surface area contributed by atoms with Crippen LogP contribution in [0.1, 0.15) is 16.8 Å². The molecule has 0 aliphatic rings. The molecule has 2 aromatic rings. The smallest absolute Gasteiger partial charge is 0.191 e. The van der Waals surface area contributed by atoms with Gasteiger partial charge in [0.1, 0.15) is 11.9 Å². The second-order valence-corrected chi connectivity index (χ2v) is 6.79. The van der Waals surface area contributed by atoms with E-state index in [-0.39, 0.29) is 6.10 Å². The van der Waals surface area contributed by atoms with Crippen molar-refractivity contribution < 1.29 is 4.74 Å². The zero-order valence-corrected chi connectivity index (χ0v) is 15.0. The van der Waals surface area contributed by atoms with E-state index in [1.807, 2.05) is 44.3 Å². The van der Waals surface area contributed by atoms with Gasteiger partial charge >= 0.3 is 0 Å². The summed E-state index contributed by atoms with van der Waals surface area (Å²) in [5.74, 6) is 1.54. The molecule has 1 unspecified atom stereocenters. The van der Waals surface area contributed by atoms with Crippen LogP contribution >= 0.6 is 22.9 Å². The van der Waals surface area contributed by atoms with E-state index < -0.39 is 0 Å². The van der Waals surface area contributed by atoms with Gasteiger partial charge in [-0.25, -0.2) is 4.98 Å². The van der Waals surface area contributed by atoms with Gasteiger partial charge in [-0.3, -0.25) is 4.99 Å². The van der Waals surface area contributed by atoms with Crippen LogP contribution in [0.15, 0.2) is 35.5 Å². The van der Waals surface area contributed by atoms with Gasteiger partial charge in [-0.15, -0.1) is 11.3 Å². The van der Waals surface area contributed by atoms with Gasteiger partial charge in [0.2, 0.25) is 0 Å². The molecule has 0 radical (unpaired) electrons. The van der Waals surface area contributed by atoms with Crippen LogP contribution in [-0.4, -0.2) is 30.6 Å². The summed E-state index contributed by atoms with van der Waals surface area (Å²) >= 11 is 7.54. The molecule has 0 spiro atoms. The van der Waals surface area contributed by atoms with Crippen LogP contribution in [0.4, 0.5) is 0 Å². The van der Waals surface area contributed by atoms with E-state index in [1.165, 1.54) is 4.88 Å². The number of aromatic nitrogens is 1. The molecular formula is C16H21ClN4OS. The summed E-state index contributed by atoms with van der Waals surface area (Å²) in [7, 11) is 1.75. The Kier molecular flexibility index (Phi) is 6.67. The lowest BCUT2D eigenvalue weighted by molar-refractivity contribution is 0.224. The highest BCUT2D eigenvalue weighted by Gasteiger charge is 2.06. The minimum atomic E-state index is 0.000347. The molecule has 0 saturated heterocycles. The number of nitrogens with one attached hydrogen (secondary N) is 2. The predicted molar refractivity (Wildman–Crippen MR) is 96.6 cm³/mol. The fourth-order valence-corrected chi connectivity index (χ4v) is 2.77. The summed E-state index contributed by atoms with van der Waals surface area (Å²) in [6, 6.07) is 7.35. The fraction of sp³-hybridized carbons (Fsp3) is 0.375. The number of aliphatic imine (C=N–C) groups is 1. The first-order chi connectivity index (χ1) is 11.1. The van der Waals surface area contributed by atoms with E-state index in [9.17, 15) is 0 Å². The molecule has 0 bridgehead atoms. The van der Waals surface area contributed by atoms with Crippen molar-refractivity contribution in [2.75, 3.05) is 13.6 Å². The van der Waals surface area contributed by atoms with Gasteiger partial charge in [0.15, 0.2) is 5.96 Å². The topological polar surface area (TPSA) is 58.5 Å². The van der Waals surface area contributed by atoms with Gasteiger partial charge in [0, 0.05) is 23.1 Å². The molecule has 1 aromatic heterocycles. The lowest BCUT2D eigenvalue weighted by Gasteiger charge is -2.17. The third-order valence-electron chi connectivity index (χ3n) is 3.03. The number of hydrogen-bond donors (Lipinski definition) is 2. The molecule has 1 aromatic carbocycles. The number of guanidine groups is 1. The Hall–Kier alpha value is -1.79. The monoisotopic (exact) mass is 352 g/mol. The molecule has 0 saturated carbocycles. The molecule has 1 atom stereocenters. The van der Waals surface area contributed by atoms with E-state index in [2.05, 4.69) is 20.6 Å². The Bertz CT molecular complexity index is 642. The molecule has 23 heavy (non-hydrogen) atoms. The maximum Gasteiger partial charge on any atom is 0.191 e. The van der Waals surface area contributed by atoms with E-state index >= 15 is 0 Å². The predicted octanol–water partition coefficient (Wildman–Crippen LogP) is 3.24. The van der Waals surface area contributed by atoms with E-state index in [0.29, 0.717) is 18.1 Å². The van der Waals surface area contributed by atoms with E-state index in [0.717, 1.165) is 16.7 Å². The number of hydrogen-bond acceptors (Lipinski definition) is 4. The normalized spacial score (nSPS) is 12.8. The molecule has 0 fully saturated rings. The molecule has 0 aliphatic carbocycles. The fourth-order valence-electron chi connectivity index (χ4n) is 1.91. The van der Waals surface area contributed by atoms with Crippen LogP contribution in [0.2, 0.25) is 5.02 Å². The van der Waals surface area contributed by atoms with Crippen LogP contribution in [0.25, 0.3) is 0 Å². The summed E-state index contributed by atoms with van der Waals surface area (Å²) in [4.78, 5) is 9.62. The zero-order chi connectivity index (χ0) is 16.7. The number of aryl methyl sites for hydroxylation is 1. The minimum absolute atomic E-state index is 0.000347. The molecule has 0 amide bonds. The Balaban J connectivity index is 1.75. The third kappa shape index (κ3) is 6.08. The molecule has 7 heteroatoms. The minimum Gasteiger partial charge on any atom is -0.489 e. The molecular weight excluding hydrogens is 332 g/mol. The highest BCUT2D eigenvalue weighted by atomic mass is 35.5. The second-order valence-electron chi connectivity index (χ2n) is 5.03. The third-order valence-corrected chi connectivity index (χ3v) is 4.20. The number of thiazole rings is 1. The Labute approximate surface area is 145 Å². The lowest BCUT2D eigenvalue weighted by Crippen LogP contribution is -2.41. The van der Waals surface area contributed by atoms with Crippen LogP contribution in [0.5, 0.6) is 5.75 Å². The van der Waals surface area contributed by atoms with Crippen molar-refractivity contribution in [2.45, 2.75) is 26.5 Å². The van der Waals surface area contributed by atoms with Crippen LogP contribution in [0.3, 0.4) is 0 Å². The lowest BCUT2D eigenvalue weighted by atomic mass is 10.3. The first-order valence-electron chi connectivity index (χ1n) is 7.35. The second kappa shape index (κ2) is 8.74. The summed E-state index contributed by atoms with van der Waals surface area (Å²) < 4.78 is 5.82. The average molecular weight is 353 g/mol. The van der Waals surface area contributed by atoms with E-state index in [1.54, 1.807) is 18.4 Å². The van der Waals surface area contributed by atoms with Crippen molar-refractivity contribution in [1.82, 2.24) is 15.6 Å². The Morgan fingerprint density at radius 1 is 1.35 bits per heavy atom. The zero-order valence-electron chi connectivity index (χ0n) is 13.5. The van der Waals surface area contributed by atoms with Crippen molar-refractivity contribution in [3.8, 4) is 5.75 Å². The van der Waals surface area contributed by atoms with Crippen molar-refractivity contribution in [3.05, 3.63) is 45.4 Å². The Morgan fingerprint density at radius 3 is 2.70 bits per heavy atom. The van der Waals surface area contributed by atoms with E-state index in [4.69, 9.17) is 16.3 Å². The van der Waals surface area contributed by atoms with Gasteiger partial charge < -0.3 is 15.4 Å². The molecule has 124 valence electrons. The molecule has 2 rings (SSSR count). The number of ether oxygens (including phenoxy) is 1. The van der Waals surface area contributed by atoms with Crippen molar-refractivity contribution in [3.63, 3.8) is 0 Å². The maximum absolute atomic E-state index is 5.86. The standard InChI is InChI=1S/C16H21ClN4OS/c1-11(22-14-6-4-13(17)5-7-14)8-20-16(18-3)21-10-15-9-19-12(2)23-15/h4-7,9,11H,8,10H2,1-3H3,(H2,18,20,21). The number of nitrogens with zero attached hydrogens (tertiary/aromatic N) is 2. The van der Waals surface area contributed by atoms with Gasteiger partial charge in [-0.1, -0.05) is 11.6 Å². The number of halogens is 1. The number of benzene rings is 1. The first kappa shape index (κ1) is 17.6. The average Bonchev–Trinajstić information content (AvgIpc) is 2.95. The van der Waals surface area contributed by atoms with Gasteiger partial charge in [0.25, 0.3) is 0 Å². The summed E-state index contributed by atoms with van der Waals surface area (Å²) in [5.41, 5.74) is 0. The van der Waals surface area contributed by atoms with Crippen LogP contribution in [-0.2, 0) is 6.54 Å². The molecule has 1 heterocycles. The molecule has 5 nitrogen and oxygen atoms in total. The quantitative estimate of drug-likeness (QED) is 0.619. The first-order valence-corrected chi connectivity index (χ1v) is 8.54. The molecule has 0 aliphatic heterocycles. The van der Waals surface area contributed by atoms with Crippen molar-refractivity contribution >= 4 is 28.9 Å². The maximum atomic E-state index is 5.86. The van der Waals surface area contributed by atoms with Gasteiger partial charge in [-0.2, -0.15) is 0 Å². The highest BCUT2D eigenvalue weighted by molar-refractivity contribution is 7.11. The number of rotatable bonds is 6. The van der Waals surface area contributed by atoms with Crippen molar-refractivity contribution in [2.24, 2.45) is 4.99 Å². The SMILES string of the molecule is CN=C(NCc1cnc(C)s1)NCC(C)Oc1ccc(Cl)cc1. The highest BCUT2D eigenvalue weighted by Crippen LogP contribution is 2.16. The summed E-state index contributed by atoms with van der Waals surface area (Å²) in [6.07, 6.45) is 1.88.